The van der Waals surface area contributed by atoms with Crippen LogP contribution < -0.4 is 0 Å². The van der Waals surface area contributed by atoms with Gasteiger partial charge in [0.05, 0.1) is 0 Å². The molecule has 0 fully saturated rings. The van der Waals surface area contributed by atoms with E-state index in [2.05, 4.69) is 0 Å². The van der Waals surface area contributed by atoms with Crippen LogP contribution in [0.15, 0.2) is 18.2 Å². The van der Waals surface area contributed by atoms with Crippen molar-refractivity contribution in [1.82, 2.24) is 4.67 Å². The van der Waals surface area contributed by atoms with Gasteiger partial charge in [0.2, 0.25) is 8.61 Å². The number of carboxylic acids is 1. The van der Waals surface area contributed by atoms with Gasteiger partial charge >= 0.3 is 5.97 Å². The van der Waals surface area contributed by atoms with Crippen molar-refractivity contribution >= 4 is 14.6 Å². The molecule has 0 aromatic heterocycles. The molecule has 2 N–H and O–H groups in total. The number of nitrogens with zero attached hydrogens (tertiary/aromatic N) is 1. The first-order valence-electron chi connectivity index (χ1n) is 6.94. The van der Waals surface area contributed by atoms with Crippen molar-refractivity contribution in [3.63, 3.8) is 0 Å². The van der Waals surface area contributed by atoms with Crippen LogP contribution in [0.25, 0.3) is 0 Å². The molecule has 0 aliphatic rings. The van der Waals surface area contributed by atoms with E-state index < -0.39 is 12.0 Å². The summed E-state index contributed by atoms with van der Waals surface area (Å²) in [6, 6.07) is 3.93. The zero-order valence-electron chi connectivity index (χ0n) is 12.8. The Morgan fingerprint density at radius 2 is 1.90 bits per heavy atom. The third-order valence-electron chi connectivity index (χ3n) is 3.39. The minimum Gasteiger partial charge on any atom is -0.508 e. The number of phenols is 1. The molecule has 6 heteroatoms. The summed E-state index contributed by atoms with van der Waals surface area (Å²) in [6.45, 7) is 7.59. The van der Waals surface area contributed by atoms with Gasteiger partial charge in [-0.15, -0.1) is 0 Å². The number of carbonyl (C=O) groups is 1. The summed E-state index contributed by atoms with van der Waals surface area (Å²) in [5.74, 6) is -0.675. The first-order valence-corrected chi connectivity index (χ1v) is 7.70. The van der Waals surface area contributed by atoms with Crippen LogP contribution >= 0.6 is 8.61 Å². The largest absolute Gasteiger partial charge is 0.508 e. The Morgan fingerprint density at radius 3 is 2.33 bits per heavy atom. The van der Waals surface area contributed by atoms with E-state index >= 15 is 0 Å². The molecule has 21 heavy (non-hydrogen) atoms. The number of carboxylic acid groups (broad SMARTS) is 1. The number of benzene rings is 1. The summed E-state index contributed by atoms with van der Waals surface area (Å²) < 4.78 is 12.7. The van der Waals surface area contributed by atoms with Gasteiger partial charge < -0.3 is 10.2 Å². The van der Waals surface area contributed by atoms with Crippen molar-refractivity contribution < 1.29 is 19.6 Å². The van der Waals surface area contributed by atoms with E-state index in [0.717, 1.165) is 11.1 Å². The summed E-state index contributed by atoms with van der Waals surface area (Å²) in [5, 5.41) is 19.0. The predicted molar refractivity (Wildman–Crippen MR) is 81.9 cm³/mol. The minimum absolute atomic E-state index is 0.148. The van der Waals surface area contributed by atoms with Gasteiger partial charge in [0.25, 0.3) is 0 Å². The summed E-state index contributed by atoms with van der Waals surface area (Å²) in [5.41, 5.74) is 1.76. The lowest BCUT2D eigenvalue weighted by atomic mass is 9.92. The van der Waals surface area contributed by atoms with Crippen molar-refractivity contribution in [2.75, 3.05) is 0 Å². The molecule has 116 valence electrons. The van der Waals surface area contributed by atoms with Crippen LogP contribution in [0.3, 0.4) is 0 Å². The van der Waals surface area contributed by atoms with E-state index in [-0.39, 0.29) is 32.7 Å². The second-order valence-corrected chi connectivity index (χ2v) is 6.28. The summed E-state index contributed by atoms with van der Waals surface area (Å²) in [6.07, 6.45) is 0.247. The summed E-state index contributed by atoms with van der Waals surface area (Å²) >= 11 is 0. The van der Waals surface area contributed by atoms with E-state index in [1.54, 1.807) is 32.0 Å². The Bertz CT molecular complexity index is 516. The standard InChI is InChI=1S/C15H22NO4P/c1-9(2)13-8-12(17)6-5-11(13)7-14(15(18)19)16(21-20)10(3)4/h5-6,8-10,14,17H,7H2,1-4H3,(H,18,19). The molecule has 1 atom stereocenters. The topological polar surface area (TPSA) is 77.8 Å². The molecule has 0 amide bonds. The van der Waals surface area contributed by atoms with Crippen molar-refractivity contribution in [2.24, 2.45) is 0 Å². The number of aromatic hydroxyl groups is 1. The third kappa shape index (κ3) is 4.51. The molecule has 0 aliphatic carbocycles. The Balaban J connectivity index is 3.16. The second-order valence-electron chi connectivity index (χ2n) is 5.65. The molecule has 0 bridgehead atoms. The predicted octanol–water partition coefficient (Wildman–Crippen LogP) is 3.43. The SMILES string of the molecule is CC(C)c1cc(O)ccc1CC(C(=O)O)N(P=O)C(C)C. The smallest absolute Gasteiger partial charge is 0.322 e. The first kappa shape index (κ1) is 17.6. The Kier molecular flexibility index (Phi) is 6.31. The molecule has 0 spiro atoms. The lowest BCUT2D eigenvalue weighted by Crippen LogP contribution is -2.40. The van der Waals surface area contributed by atoms with Crippen molar-refractivity contribution in [3.05, 3.63) is 29.3 Å². The van der Waals surface area contributed by atoms with Crippen LogP contribution in [0.5, 0.6) is 5.75 Å². The highest BCUT2D eigenvalue weighted by Crippen LogP contribution is 2.27. The molecule has 1 aromatic carbocycles. The molecule has 0 saturated carbocycles. The highest BCUT2D eigenvalue weighted by molar-refractivity contribution is 7.20. The van der Waals surface area contributed by atoms with Gasteiger partial charge in [0.15, 0.2) is 0 Å². The van der Waals surface area contributed by atoms with Crippen molar-refractivity contribution in [3.8, 4) is 5.75 Å². The molecular formula is C15H22NO4P. The van der Waals surface area contributed by atoms with E-state index in [4.69, 9.17) is 0 Å². The minimum atomic E-state index is -1.00. The fraction of sp³-hybridized carbons (Fsp3) is 0.533. The molecule has 1 unspecified atom stereocenters. The fourth-order valence-corrected chi connectivity index (χ4v) is 2.80. The Morgan fingerprint density at radius 1 is 1.29 bits per heavy atom. The molecule has 0 heterocycles. The number of phenolic OH excluding ortho intramolecular Hbond substituents is 1. The normalized spacial score (nSPS) is 13.3. The Hall–Kier alpha value is -1.45. The van der Waals surface area contributed by atoms with E-state index in [1.807, 2.05) is 13.8 Å². The quantitative estimate of drug-likeness (QED) is 0.754. The molecule has 5 nitrogen and oxygen atoms in total. The van der Waals surface area contributed by atoms with Crippen LogP contribution in [0, 0.1) is 0 Å². The van der Waals surface area contributed by atoms with Crippen molar-refractivity contribution in [1.29, 1.82) is 0 Å². The van der Waals surface area contributed by atoms with E-state index in [0.29, 0.717) is 0 Å². The second kappa shape index (κ2) is 7.53. The zero-order valence-corrected chi connectivity index (χ0v) is 13.7. The average Bonchev–Trinajstić information content (AvgIpc) is 2.39. The molecule has 1 aromatic rings. The molecular weight excluding hydrogens is 289 g/mol. The van der Waals surface area contributed by atoms with Crippen LogP contribution in [-0.2, 0) is 15.8 Å². The van der Waals surface area contributed by atoms with Gasteiger partial charge in [-0.3, -0.25) is 9.36 Å². The molecule has 1 rings (SSSR count). The monoisotopic (exact) mass is 311 g/mol. The Labute approximate surface area is 126 Å². The van der Waals surface area contributed by atoms with Gasteiger partial charge in [-0.05, 0) is 49.4 Å². The lowest BCUT2D eigenvalue weighted by molar-refractivity contribution is -0.141. The molecule has 0 saturated heterocycles. The average molecular weight is 311 g/mol. The first-order chi connectivity index (χ1) is 9.77. The number of aliphatic carboxylic acids is 1. The van der Waals surface area contributed by atoms with Gasteiger partial charge in [0.1, 0.15) is 11.8 Å². The van der Waals surface area contributed by atoms with E-state index in [1.165, 1.54) is 4.67 Å². The van der Waals surface area contributed by atoms with Gasteiger partial charge in [-0.2, -0.15) is 0 Å². The zero-order chi connectivity index (χ0) is 16.2. The third-order valence-corrected chi connectivity index (χ3v) is 4.32. The maximum absolute atomic E-state index is 11.5. The number of hydrogen-bond acceptors (Lipinski definition) is 3. The summed E-state index contributed by atoms with van der Waals surface area (Å²) in [4.78, 5) is 11.5. The molecule has 0 radical (unpaired) electrons. The van der Waals surface area contributed by atoms with Crippen LogP contribution in [-0.4, -0.2) is 32.9 Å². The van der Waals surface area contributed by atoms with Gasteiger partial charge in [0, 0.05) is 6.04 Å². The van der Waals surface area contributed by atoms with Crippen LogP contribution in [0.4, 0.5) is 0 Å². The van der Waals surface area contributed by atoms with E-state index in [9.17, 15) is 19.6 Å². The maximum Gasteiger partial charge on any atom is 0.322 e. The van der Waals surface area contributed by atoms with Crippen LogP contribution in [0.1, 0.15) is 44.7 Å². The molecule has 0 aliphatic heterocycles. The maximum atomic E-state index is 11.5. The van der Waals surface area contributed by atoms with Gasteiger partial charge in [-0.1, -0.05) is 19.9 Å². The van der Waals surface area contributed by atoms with Gasteiger partial charge in [-0.25, -0.2) is 4.67 Å². The fourth-order valence-electron chi connectivity index (χ4n) is 2.32. The highest BCUT2D eigenvalue weighted by atomic mass is 31.1. The number of hydrogen-bond donors (Lipinski definition) is 2. The highest BCUT2D eigenvalue weighted by Gasteiger charge is 2.29. The van der Waals surface area contributed by atoms with Crippen molar-refractivity contribution in [2.45, 2.75) is 52.1 Å². The number of rotatable bonds is 7. The lowest BCUT2D eigenvalue weighted by Gasteiger charge is -2.26. The summed E-state index contributed by atoms with van der Waals surface area (Å²) in [7, 11) is -0.300. The van der Waals surface area contributed by atoms with Crippen LogP contribution in [0.2, 0.25) is 0 Å².